The van der Waals surface area contributed by atoms with Crippen LogP contribution in [-0.4, -0.2) is 53.9 Å². The van der Waals surface area contributed by atoms with E-state index in [0.29, 0.717) is 24.6 Å². The van der Waals surface area contributed by atoms with Crippen molar-refractivity contribution in [3.05, 3.63) is 71.6 Å². The molecule has 1 aliphatic heterocycles. The van der Waals surface area contributed by atoms with Crippen LogP contribution in [0.1, 0.15) is 30.4 Å². The summed E-state index contributed by atoms with van der Waals surface area (Å²) in [6, 6.07) is 9.71. The van der Waals surface area contributed by atoms with Crippen LogP contribution < -0.4 is 5.32 Å². The Kier molecular flexibility index (Phi) is 7.67. The largest absolute Gasteiger partial charge is 0.384 e. The van der Waals surface area contributed by atoms with Gasteiger partial charge in [-0.15, -0.1) is 0 Å². The van der Waals surface area contributed by atoms with Gasteiger partial charge in [-0.1, -0.05) is 12.1 Å². The summed E-state index contributed by atoms with van der Waals surface area (Å²) >= 11 is 0. The first-order valence-electron chi connectivity index (χ1n) is 11.5. The number of nitrogens with zero attached hydrogens (tertiary/aromatic N) is 3. The summed E-state index contributed by atoms with van der Waals surface area (Å²) in [5.41, 5.74) is 4.51. The number of aliphatic imine (C=N–C) groups is 1. The number of amides is 1. The Labute approximate surface area is 198 Å². The molecule has 1 fully saturated rings. The van der Waals surface area contributed by atoms with Gasteiger partial charge in [0, 0.05) is 68.4 Å². The molecule has 0 radical (unpaired) electrons. The maximum Gasteiger partial charge on any atom is 0.222 e. The number of nitrogens with one attached hydrogen (secondary N) is 2. The number of hydrogen-bond donors (Lipinski definition) is 2. The summed E-state index contributed by atoms with van der Waals surface area (Å²) in [4.78, 5) is 18.6. The SMILES string of the molecule is C/N=C\c1cc(-c2cn[nH]c2)ccc1NCC1CCN(C(=O)CCc2ccc(F)cc2F)CC1. The van der Waals surface area contributed by atoms with Crippen LogP contribution in [0, 0.1) is 17.6 Å². The lowest BCUT2D eigenvalue weighted by Gasteiger charge is -2.32. The van der Waals surface area contributed by atoms with E-state index < -0.39 is 11.6 Å². The molecule has 34 heavy (non-hydrogen) atoms. The Morgan fingerprint density at radius 1 is 1.21 bits per heavy atom. The molecule has 0 atom stereocenters. The first kappa shape index (κ1) is 23.6. The first-order valence-corrected chi connectivity index (χ1v) is 11.5. The molecule has 1 amide bonds. The molecular weight excluding hydrogens is 436 g/mol. The monoisotopic (exact) mass is 465 g/mol. The third kappa shape index (κ3) is 5.87. The molecule has 8 heteroatoms. The van der Waals surface area contributed by atoms with Gasteiger partial charge in [-0.05, 0) is 54.5 Å². The number of benzene rings is 2. The highest BCUT2D eigenvalue weighted by molar-refractivity contribution is 5.90. The van der Waals surface area contributed by atoms with Crippen molar-refractivity contribution in [2.24, 2.45) is 10.9 Å². The number of anilines is 1. The van der Waals surface area contributed by atoms with Crippen LogP contribution >= 0.6 is 0 Å². The maximum atomic E-state index is 13.8. The zero-order valence-electron chi connectivity index (χ0n) is 19.2. The third-order valence-electron chi connectivity index (χ3n) is 6.32. The van der Waals surface area contributed by atoms with E-state index in [1.54, 1.807) is 13.2 Å². The van der Waals surface area contributed by atoms with Gasteiger partial charge < -0.3 is 10.2 Å². The minimum Gasteiger partial charge on any atom is -0.384 e. The number of likely N-dealkylation sites (tertiary alicyclic amines) is 1. The second-order valence-corrected chi connectivity index (χ2v) is 8.62. The molecule has 2 heterocycles. The van der Waals surface area contributed by atoms with Gasteiger partial charge in [-0.2, -0.15) is 5.10 Å². The highest BCUT2D eigenvalue weighted by Crippen LogP contribution is 2.25. The summed E-state index contributed by atoms with van der Waals surface area (Å²) in [5, 5.41) is 10.4. The van der Waals surface area contributed by atoms with Crippen molar-refractivity contribution in [1.82, 2.24) is 15.1 Å². The molecule has 0 aliphatic carbocycles. The molecule has 1 aliphatic rings. The number of halogens is 2. The van der Waals surface area contributed by atoms with Crippen molar-refractivity contribution >= 4 is 17.8 Å². The number of hydrogen-bond acceptors (Lipinski definition) is 4. The van der Waals surface area contributed by atoms with E-state index >= 15 is 0 Å². The lowest BCUT2D eigenvalue weighted by atomic mass is 9.96. The predicted octanol–water partition coefficient (Wildman–Crippen LogP) is 4.69. The molecule has 0 bridgehead atoms. The quantitative estimate of drug-likeness (QED) is 0.474. The first-order chi connectivity index (χ1) is 16.5. The fourth-order valence-electron chi connectivity index (χ4n) is 4.32. The average Bonchev–Trinajstić information content (AvgIpc) is 3.38. The number of carbonyl (C=O) groups is 1. The van der Waals surface area contributed by atoms with Crippen molar-refractivity contribution in [2.45, 2.75) is 25.7 Å². The van der Waals surface area contributed by atoms with Gasteiger partial charge in [-0.3, -0.25) is 14.9 Å². The number of aromatic amines is 1. The zero-order valence-corrected chi connectivity index (χ0v) is 19.2. The highest BCUT2D eigenvalue weighted by atomic mass is 19.1. The number of piperidine rings is 1. The highest BCUT2D eigenvalue weighted by Gasteiger charge is 2.23. The van der Waals surface area contributed by atoms with E-state index in [2.05, 4.69) is 38.7 Å². The van der Waals surface area contributed by atoms with E-state index in [4.69, 9.17) is 0 Å². The summed E-state index contributed by atoms with van der Waals surface area (Å²) in [5.74, 6) is -0.723. The van der Waals surface area contributed by atoms with Crippen molar-refractivity contribution in [3.63, 3.8) is 0 Å². The van der Waals surface area contributed by atoms with Crippen LogP contribution in [0.25, 0.3) is 11.1 Å². The van der Waals surface area contributed by atoms with Crippen molar-refractivity contribution in [3.8, 4) is 11.1 Å². The molecule has 0 unspecified atom stereocenters. The standard InChI is InChI=1S/C26H29F2N5O/c1-29-15-21-12-20(22-16-31-32-17-22)3-6-25(21)30-14-18-8-10-33(11-9-18)26(34)7-4-19-2-5-23(27)13-24(19)28/h2-3,5-6,12-13,15-18,30H,4,7-11,14H2,1H3,(H,31,32)/b29-15-. The molecule has 1 saturated heterocycles. The molecule has 4 rings (SSSR count). The topological polar surface area (TPSA) is 73.4 Å². The van der Waals surface area contributed by atoms with Gasteiger partial charge in [-0.25, -0.2) is 8.78 Å². The molecule has 3 aromatic rings. The zero-order chi connectivity index (χ0) is 23.9. The summed E-state index contributed by atoms with van der Waals surface area (Å²) in [7, 11) is 1.76. The third-order valence-corrected chi connectivity index (χ3v) is 6.32. The van der Waals surface area contributed by atoms with Gasteiger partial charge >= 0.3 is 0 Å². The Balaban J connectivity index is 1.26. The fourth-order valence-corrected chi connectivity index (χ4v) is 4.32. The van der Waals surface area contributed by atoms with Crippen LogP contribution in [0.15, 0.2) is 53.8 Å². The fraction of sp³-hybridized carbons (Fsp3) is 0.346. The molecule has 1 aromatic heterocycles. The minimum atomic E-state index is -0.605. The number of rotatable bonds is 8. The number of aromatic nitrogens is 2. The Morgan fingerprint density at radius 3 is 2.74 bits per heavy atom. The van der Waals surface area contributed by atoms with Crippen LogP contribution in [0.4, 0.5) is 14.5 Å². The van der Waals surface area contributed by atoms with Crippen LogP contribution in [0.2, 0.25) is 0 Å². The Morgan fingerprint density at radius 2 is 2.03 bits per heavy atom. The van der Waals surface area contributed by atoms with Gasteiger partial charge in [0.05, 0.1) is 6.20 Å². The Hall–Kier alpha value is -3.55. The number of carbonyl (C=O) groups excluding carboxylic acids is 1. The van der Waals surface area contributed by atoms with Crippen LogP contribution in [-0.2, 0) is 11.2 Å². The molecule has 2 N–H and O–H groups in total. The van der Waals surface area contributed by atoms with Gasteiger partial charge in [0.25, 0.3) is 0 Å². The van der Waals surface area contributed by atoms with Gasteiger partial charge in [0.15, 0.2) is 0 Å². The van der Waals surface area contributed by atoms with Crippen molar-refractivity contribution in [2.75, 3.05) is 32.0 Å². The smallest absolute Gasteiger partial charge is 0.222 e. The molecule has 6 nitrogen and oxygen atoms in total. The van der Waals surface area contributed by atoms with Crippen LogP contribution in [0.3, 0.4) is 0 Å². The van der Waals surface area contributed by atoms with E-state index in [0.717, 1.165) is 47.8 Å². The number of aryl methyl sites for hydroxylation is 1. The molecular formula is C26H29F2N5O. The average molecular weight is 466 g/mol. The van der Waals surface area contributed by atoms with Crippen LogP contribution in [0.5, 0.6) is 0 Å². The lowest BCUT2D eigenvalue weighted by Crippen LogP contribution is -2.40. The molecule has 0 spiro atoms. The number of H-pyrrole nitrogens is 1. The normalized spacial score (nSPS) is 14.6. The summed E-state index contributed by atoms with van der Waals surface area (Å²) < 4.78 is 26.9. The summed E-state index contributed by atoms with van der Waals surface area (Å²) in [6.45, 7) is 2.21. The second kappa shape index (κ2) is 11.0. The van der Waals surface area contributed by atoms with Gasteiger partial charge in [0.1, 0.15) is 11.6 Å². The van der Waals surface area contributed by atoms with E-state index in [-0.39, 0.29) is 18.7 Å². The summed E-state index contributed by atoms with van der Waals surface area (Å²) in [6.07, 6.45) is 7.83. The van der Waals surface area contributed by atoms with Gasteiger partial charge in [0.2, 0.25) is 5.91 Å². The Bertz CT molecular complexity index is 1140. The molecule has 178 valence electrons. The molecule has 2 aromatic carbocycles. The van der Waals surface area contributed by atoms with E-state index in [1.165, 1.54) is 12.1 Å². The maximum absolute atomic E-state index is 13.8. The molecule has 0 saturated carbocycles. The predicted molar refractivity (Wildman–Crippen MR) is 130 cm³/mol. The lowest BCUT2D eigenvalue weighted by molar-refractivity contribution is -0.132. The minimum absolute atomic E-state index is 0.0198. The van der Waals surface area contributed by atoms with Crippen molar-refractivity contribution < 1.29 is 13.6 Å². The van der Waals surface area contributed by atoms with E-state index in [9.17, 15) is 13.6 Å². The van der Waals surface area contributed by atoms with Crippen molar-refractivity contribution in [1.29, 1.82) is 0 Å². The second-order valence-electron chi connectivity index (χ2n) is 8.62. The van der Waals surface area contributed by atoms with E-state index in [1.807, 2.05) is 17.3 Å².